The lowest BCUT2D eigenvalue weighted by Gasteiger charge is -2.37. The monoisotopic (exact) mass is 377 g/mol. The van der Waals surface area contributed by atoms with E-state index in [-0.39, 0.29) is 5.91 Å². The minimum absolute atomic E-state index is 0.247. The molecule has 1 N–H and O–H groups in total. The summed E-state index contributed by atoms with van der Waals surface area (Å²) in [6, 6.07) is 7.39. The topological polar surface area (TPSA) is 45.2 Å². The van der Waals surface area contributed by atoms with E-state index in [2.05, 4.69) is 22.1 Å². The van der Waals surface area contributed by atoms with Crippen LogP contribution < -0.4 is 10.2 Å². The van der Waals surface area contributed by atoms with Gasteiger partial charge in [-0.1, -0.05) is 30.1 Å². The van der Waals surface area contributed by atoms with Gasteiger partial charge in [0.1, 0.15) is 0 Å². The summed E-state index contributed by atoms with van der Waals surface area (Å²) in [5, 5.41) is 3.78. The van der Waals surface area contributed by atoms with Gasteiger partial charge in [0, 0.05) is 23.8 Å². The summed E-state index contributed by atoms with van der Waals surface area (Å²) in [7, 11) is 0. The number of amides is 1. The van der Waals surface area contributed by atoms with Gasteiger partial charge in [0.25, 0.3) is 5.91 Å². The Morgan fingerprint density at radius 2 is 2.12 bits per heavy atom. The quantitative estimate of drug-likeness (QED) is 0.774. The lowest BCUT2D eigenvalue weighted by Crippen LogP contribution is -2.39. The summed E-state index contributed by atoms with van der Waals surface area (Å²) in [5.41, 5.74) is 2.00. The van der Waals surface area contributed by atoms with Gasteiger partial charge < -0.3 is 10.2 Å². The van der Waals surface area contributed by atoms with Gasteiger partial charge >= 0.3 is 0 Å². The third-order valence-electron chi connectivity index (χ3n) is 4.59. The molecule has 2 aromatic rings. The first kappa shape index (κ1) is 18.0. The molecule has 1 aromatic heterocycles. The Bertz CT molecular complexity index is 766. The zero-order valence-electron chi connectivity index (χ0n) is 14.1. The fraction of sp³-hybridized carbons (Fsp3) is 0.368. The third-order valence-corrected chi connectivity index (χ3v) is 5.16. The first-order valence-electron chi connectivity index (χ1n) is 8.56. The van der Waals surface area contributed by atoms with Crippen LogP contribution in [0.25, 0.3) is 0 Å². The van der Waals surface area contributed by atoms with Crippen LogP contribution >= 0.6 is 23.2 Å². The van der Waals surface area contributed by atoms with Crippen LogP contribution in [-0.4, -0.2) is 23.5 Å². The van der Waals surface area contributed by atoms with E-state index in [9.17, 15) is 4.79 Å². The number of carbonyl (C=O) groups is 1. The maximum atomic E-state index is 12.6. The van der Waals surface area contributed by atoms with Crippen LogP contribution in [0, 0.1) is 0 Å². The van der Waals surface area contributed by atoms with Crippen molar-refractivity contribution in [1.29, 1.82) is 0 Å². The van der Waals surface area contributed by atoms with Crippen LogP contribution in [0.5, 0.6) is 0 Å². The lowest BCUT2D eigenvalue weighted by molar-refractivity contribution is 0.102. The molecule has 0 bridgehead atoms. The van der Waals surface area contributed by atoms with Crippen LogP contribution in [0.2, 0.25) is 10.0 Å². The van der Waals surface area contributed by atoms with Gasteiger partial charge in [-0.05, 0) is 49.9 Å². The summed E-state index contributed by atoms with van der Waals surface area (Å²) in [4.78, 5) is 19.2. The number of aromatic nitrogens is 1. The van der Waals surface area contributed by atoms with E-state index in [4.69, 9.17) is 23.2 Å². The van der Waals surface area contributed by atoms with Gasteiger partial charge in [0.15, 0.2) is 0 Å². The molecule has 0 radical (unpaired) electrons. The van der Waals surface area contributed by atoms with Crippen molar-refractivity contribution in [2.75, 3.05) is 16.8 Å². The largest absolute Gasteiger partial charge is 0.367 e. The molecule has 1 amide bonds. The second kappa shape index (κ2) is 8.07. The smallest absolute Gasteiger partial charge is 0.257 e. The first-order chi connectivity index (χ1) is 12.1. The Kier molecular flexibility index (Phi) is 5.82. The van der Waals surface area contributed by atoms with Crippen LogP contribution in [0.3, 0.4) is 0 Å². The Morgan fingerprint density at radius 1 is 1.28 bits per heavy atom. The molecule has 1 fully saturated rings. The van der Waals surface area contributed by atoms with Crippen molar-refractivity contribution in [3.8, 4) is 0 Å². The number of rotatable bonds is 4. The number of halogens is 2. The summed E-state index contributed by atoms with van der Waals surface area (Å²) < 4.78 is 0. The molecule has 6 heteroatoms. The number of pyridine rings is 1. The predicted molar refractivity (Wildman–Crippen MR) is 104 cm³/mol. The average molecular weight is 378 g/mol. The molecule has 0 aliphatic carbocycles. The minimum atomic E-state index is -0.247. The Labute approximate surface area is 158 Å². The van der Waals surface area contributed by atoms with Gasteiger partial charge in [-0.15, -0.1) is 0 Å². The second-order valence-electron chi connectivity index (χ2n) is 6.26. The lowest BCUT2D eigenvalue weighted by atomic mass is 9.99. The number of nitrogens with one attached hydrogen (secondary N) is 1. The molecule has 1 atom stereocenters. The van der Waals surface area contributed by atoms with Crippen molar-refractivity contribution in [3.05, 3.63) is 52.3 Å². The van der Waals surface area contributed by atoms with E-state index in [0.717, 1.165) is 18.7 Å². The van der Waals surface area contributed by atoms with Crippen molar-refractivity contribution in [2.24, 2.45) is 0 Å². The fourth-order valence-electron chi connectivity index (χ4n) is 3.26. The molecular formula is C19H21Cl2N3O. The van der Waals surface area contributed by atoms with Crippen LogP contribution in [0.15, 0.2) is 36.7 Å². The average Bonchev–Trinajstić information content (AvgIpc) is 2.64. The molecule has 4 nitrogen and oxygen atoms in total. The van der Waals surface area contributed by atoms with Crippen molar-refractivity contribution >= 4 is 40.5 Å². The van der Waals surface area contributed by atoms with Crippen molar-refractivity contribution < 1.29 is 4.79 Å². The number of benzene rings is 1. The highest BCUT2D eigenvalue weighted by Crippen LogP contribution is 2.28. The van der Waals surface area contributed by atoms with E-state index < -0.39 is 0 Å². The molecule has 3 rings (SSSR count). The Hall–Kier alpha value is -1.78. The fourth-order valence-corrected chi connectivity index (χ4v) is 3.60. The van der Waals surface area contributed by atoms with Gasteiger partial charge in [-0.25, -0.2) is 0 Å². The number of carbonyl (C=O) groups excluding carboxylic acids is 1. The van der Waals surface area contributed by atoms with Crippen molar-refractivity contribution in [1.82, 2.24) is 4.98 Å². The van der Waals surface area contributed by atoms with Gasteiger partial charge in [-0.3, -0.25) is 9.78 Å². The van der Waals surface area contributed by atoms with E-state index in [1.54, 1.807) is 24.4 Å². The molecule has 1 aliphatic rings. The van der Waals surface area contributed by atoms with E-state index in [1.807, 2.05) is 12.3 Å². The Morgan fingerprint density at radius 3 is 2.92 bits per heavy atom. The zero-order valence-corrected chi connectivity index (χ0v) is 15.6. The molecule has 0 spiro atoms. The standard InChI is InChI=1S/C19H21Cl2N3O/c1-2-15-5-3-4-8-24(15)16-9-13(11-22-12-16)19(25)23-18-10-14(20)6-7-17(18)21/h6-7,9-12,15H,2-5,8H2,1H3,(H,23,25). The number of piperidine rings is 1. The Balaban J connectivity index is 1.81. The molecule has 0 saturated carbocycles. The van der Waals surface area contributed by atoms with Crippen LogP contribution in [-0.2, 0) is 0 Å². The molecule has 1 saturated heterocycles. The first-order valence-corrected chi connectivity index (χ1v) is 9.32. The van der Waals surface area contributed by atoms with E-state index in [1.165, 1.54) is 19.3 Å². The van der Waals surface area contributed by atoms with Crippen LogP contribution in [0.4, 0.5) is 11.4 Å². The van der Waals surface area contributed by atoms with Crippen LogP contribution in [0.1, 0.15) is 43.0 Å². The molecule has 1 aromatic carbocycles. The van der Waals surface area contributed by atoms with Crippen molar-refractivity contribution in [3.63, 3.8) is 0 Å². The highest BCUT2D eigenvalue weighted by atomic mass is 35.5. The highest BCUT2D eigenvalue weighted by Gasteiger charge is 2.22. The second-order valence-corrected chi connectivity index (χ2v) is 7.10. The number of nitrogens with zero attached hydrogens (tertiary/aromatic N) is 2. The normalized spacial score (nSPS) is 17.4. The van der Waals surface area contributed by atoms with Crippen molar-refractivity contribution in [2.45, 2.75) is 38.6 Å². The van der Waals surface area contributed by atoms with Gasteiger partial charge in [-0.2, -0.15) is 0 Å². The highest BCUT2D eigenvalue weighted by molar-refractivity contribution is 6.35. The maximum Gasteiger partial charge on any atom is 0.257 e. The summed E-state index contributed by atoms with van der Waals surface area (Å²) in [6.45, 7) is 3.21. The molecule has 2 heterocycles. The molecule has 25 heavy (non-hydrogen) atoms. The van der Waals surface area contributed by atoms with E-state index >= 15 is 0 Å². The predicted octanol–water partition coefficient (Wildman–Crippen LogP) is 5.41. The van der Waals surface area contributed by atoms with E-state index in [0.29, 0.717) is 27.3 Å². The molecule has 1 aliphatic heterocycles. The third kappa shape index (κ3) is 4.25. The molecule has 132 valence electrons. The number of hydrogen-bond acceptors (Lipinski definition) is 3. The maximum absolute atomic E-state index is 12.6. The molecular weight excluding hydrogens is 357 g/mol. The van der Waals surface area contributed by atoms with Gasteiger partial charge in [0.05, 0.1) is 28.2 Å². The molecule has 1 unspecified atom stereocenters. The minimum Gasteiger partial charge on any atom is -0.367 e. The number of anilines is 2. The SMILES string of the molecule is CCC1CCCCN1c1cncc(C(=O)Nc2cc(Cl)ccc2Cl)c1. The summed E-state index contributed by atoms with van der Waals surface area (Å²) in [6.07, 6.45) is 8.11. The number of hydrogen-bond donors (Lipinski definition) is 1. The summed E-state index contributed by atoms with van der Waals surface area (Å²) >= 11 is 12.1. The summed E-state index contributed by atoms with van der Waals surface area (Å²) in [5.74, 6) is -0.247. The van der Waals surface area contributed by atoms with Gasteiger partial charge in [0.2, 0.25) is 0 Å². The zero-order chi connectivity index (χ0) is 17.8.